The van der Waals surface area contributed by atoms with Crippen molar-refractivity contribution in [2.24, 2.45) is 5.92 Å². The van der Waals surface area contributed by atoms with E-state index in [-0.39, 0.29) is 5.56 Å². The summed E-state index contributed by atoms with van der Waals surface area (Å²) < 4.78 is 41.2. The number of carbonyl (C=O) groups is 1. The fourth-order valence-electron chi connectivity index (χ4n) is 3.10. The van der Waals surface area contributed by atoms with Crippen LogP contribution in [0.1, 0.15) is 28.8 Å². The van der Waals surface area contributed by atoms with E-state index >= 15 is 0 Å². The maximum absolute atomic E-state index is 13.1. The number of halogens is 3. The number of hydrogen-bond donors (Lipinski definition) is 0. The van der Waals surface area contributed by atoms with E-state index in [9.17, 15) is 18.0 Å². The number of piperidine rings is 1. The molecule has 0 N–H and O–H groups in total. The van der Waals surface area contributed by atoms with Crippen molar-refractivity contribution < 1.29 is 18.0 Å². The number of hydrogen-bond acceptors (Lipinski definition) is 2. The highest BCUT2D eigenvalue weighted by molar-refractivity contribution is 5.96. The number of rotatable bonds is 3. The van der Waals surface area contributed by atoms with Crippen molar-refractivity contribution in [3.8, 4) is 0 Å². The molecule has 1 saturated heterocycles. The number of likely N-dealkylation sites (tertiary alicyclic amines) is 1. The average Bonchev–Trinajstić information content (AvgIpc) is 3.07. The van der Waals surface area contributed by atoms with Crippen molar-refractivity contribution in [3.05, 3.63) is 54.1 Å². The van der Waals surface area contributed by atoms with Crippen LogP contribution in [0.25, 0.3) is 0 Å². The summed E-state index contributed by atoms with van der Waals surface area (Å²) in [5.74, 6) is -0.134. The Morgan fingerprint density at radius 2 is 1.92 bits per heavy atom. The normalized spacial score (nSPS) is 16.4. The van der Waals surface area contributed by atoms with Crippen LogP contribution in [0.4, 0.5) is 13.2 Å². The first-order valence-electron chi connectivity index (χ1n) is 7.86. The van der Waals surface area contributed by atoms with Crippen molar-refractivity contribution in [2.45, 2.75) is 25.6 Å². The molecule has 0 bridgehead atoms. The SMILES string of the molecule is O=C(c1ccccc1C(F)(F)F)N1CCC(Cn2ccnc2)CC1. The number of alkyl halides is 3. The van der Waals surface area contributed by atoms with Crippen molar-refractivity contribution >= 4 is 5.91 Å². The monoisotopic (exact) mass is 337 g/mol. The number of benzene rings is 1. The van der Waals surface area contributed by atoms with Crippen LogP contribution in [0, 0.1) is 5.92 Å². The number of aromatic nitrogens is 2. The molecule has 4 nitrogen and oxygen atoms in total. The maximum atomic E-state index is 13.1. The number of nitrogens with zero attached hydrogens (tertiary/aromatic N) is 3. The highest BCUT2D eigenvalue weighted by atomic mass is 19.4. The predicted octanol–water partition coefficient (Wildman–Crippen LogP) is 3.45. The molecule has 1 aliphatic rings. The molecule has 0 atom stereocenters. The molecule has 0 saturated carbocycles. The van der Waals surface area contributed by atoms with Gasteiger partial charge in [0.15, 0.2) is 0 Å². The molecule has 24 heavy (non-hydrogen) atoms. The molecule has 128 valence electrons. The summed E-state index contributed by atoms with van der Waals surface area (Å²) in [6, 6.07) is 4.98. The first-order chi connectivity index (χ1) is 11.4. The van der Waals surface area contributed by atoms with Crippen molar-refractivity contribution in [3.63, 3.8) is 0 Å². The van der Waals surface area contributed by atoms with Gasteiger partial charge in [0.05, 0.1) is 17.5 Å². The van der Waals surface area contributed by atoms with Gasteiger partial charge in [-0.15, -0.1) is 0 Å². The first kappa shape index (κ1) is 16.5. The zero-order valence-electron chi connectivity index (χ0n) is 13.0. The fraction of sp³-hybridized carbons (Fsp3) is 0.412. The third-order valence-corrected chi connectivity index (χ3v) is 4.39. The Hall–Kier alpha value is -2.31. The van der Waals surface area contributed by atoms with Crippen molar-refractivity contribution in [1.29, 1.82) is 0 Å². The zero-order chi connectivity index (χ0) is 17.2. The molecule has 0 radical (unpaired) electrons. The van der Waals surface area contributed by atoms with Gasteiger partial charge in [-0.25, -0.2) is 4.98 Å². The smallest absolute Gasteiger partial charge is 0.339 e. The molecule has 1 fully saturated rings. The van der Waals surface area contributed by atoms with E-state index in [1.807, 2.05) is 10.8 Å². The molecule has 0 spiro atoms. The standard InChI is InChI=1S/C17H18F3N3O/c18-17(19,20)15-4-2-1-3-14(15)16(24)23-8-5-13(6-9-23)11-22-10-7-21-12-22/h1-4,7,10,12-13H,5-6,8-9,11H2. The third kappa shape index (κ3) is 3.60. The molecule has 7 heteroatoms. The summed E-state index contributed by atoms with van der Waals surface area (Å²) in [4.78, 5) is 18.0. The Bertz CT molecular complexity index is 689. The van der Waals surface area contributed by atoms with Gasteiger partial charge in [0.1, 0.15) is 0 Å². The van der Waals surface area contributed by atoms with E-state index in [1.165, 1.54) is 23.1 Å². The van der Waals surface area contributed by atoms with Gasteiger partial charge in [0.2, 0.25) is 0 Å². The van der Waals surface area contributed by atoms with Crippen LogP contribution >= 0.6 is 0 Å². The first-order valence-corrected chi connectivity index (χ1v) is 7.86. The van der Waals surface area contributed by atoms with E-state index in [0.29, 0.717) is 19.0 Å². The largest absolute Gasteiger partial charge is 0.417 e. The summed E-state index contributed by atoms with van der Waals surface area (Å²) in [7, 11) is 0. The van der Waals surface area contributed by atoms with Crippen molar-refractivity contribution in [2.75, 3.05) is 13.1 Å². The molecule has 1 amide bonds. The maximum Gasteiger partial charge on any atom is 0.417 e. The molecule has 2 aromatic rings. The fourth-order valence-corrected chi connectivity index (χ4v) is 3.10. The van der Waals surface area contributed by atoms with Crippen LogP contribution < -0.4 is 0 Å². The Kier molecular flexibility index (Phi) is 4.59. The second-order valence-electron chi connectivity index (χ2n) is 6.04. The number of imidazole rings is 1. The lowest BCUT2D eigenvalue weighted by molar-refractivity contribution is -0.138. The van der Waals surface area contributed by atoms with Gasteiger partial charge in [-0.2, -0.15) is 13.2 Å². The lowest BCUT2D eigenvalue weighted by Crippen LogP contribution is -2.40. The van der Waals surface area contributed by atoms with E-state index in [1.54, 1.807) is 12.5 Å². The highest BCUT2D eigenvalue weighted by Gasteiger charge is 2.36. The van der Waals surface area contributed by atoms with Gasteiger partial charge in [-0.1, -0.05) is 12.1 Å². The summed E-state index contributed by atoms with van der Waals surface area (Å²) >= 11 is 0. The molecule has 1 aromatic heterocycles. The molecule has 0 unspecified atom stereocenters. The van der Waals surface area contributed by atoms with Gasteiger partial charge >= 0.3 is 6.18 Å². The van der Waals surface area contributed by atoms with Crippen LogP contribution in [-0.2, 0) is 12.7 Å². The van der Waals surface area contributed by atoms with Crippen molar-refractivity contribution in [1.82, 2.24) is 14.5 Å². The molecular formula is C17H18F3N3O. The minimum atomic E-state index is -4.52. The van der Waals surface area contributed by atoms with Gasteiger partial charge in [-0.3, -0.25) is 4.79 Å². The van der Waals surface area contributed by atoms with Crippen LogP contribution in [0.3, 0.4) is 0 Å². The van der Waals surface area contributed by atoms with E-state index < -0.39 is 17.6 Å². The Labute approximate surface area is 137 Å². The average molecular weight is 337 g/mol. The lowest BCUT2D eigenvalue weighted by Gasteiger charge is -2.32. The molecule has 1 aromatic carbocycles. The van der Waals surface area contributed by atoms with E-state index in [2.05, 4.69) is 4.98 Å². The van der Waals surface area contributed by atoms with Gasteiger partial charge in [0, 0.05) is 32.0 Å². The molecule has 1 aliphatic heterocycles. The van der Waals surface area contributed by atoms with Crippen LogP contribution in [0.15, 0.2) is 43.0 Å². The number of carbonyl (C=O) groups excluding carboxylic acids is 1. The summed E-state index contributed by atoms with van der Waals surface area (Å²) in [6.07, 6.45) is 2.38. The Balaban J connectivity index is 1.66. The quantitative estimate of drug-likeness (QED) is 0.860. The minimum Gasteiger partial charge on any atom is -0.339 e. The van der Waals surface area contributed by atoms with Crippen LogP contribution in [0.2, 0.25) is 0 Å². The summed E-state index contributed by atoms with van der Waals surface area (Å²) in [6.45, 7) is 1.77. The predicted molar refractivity (Wildman–Crippen MR) is 82.3 cm³/mol. The van der Waals surface area contributed by atoms with Crippen LogP contribution in [-0.4, -0.2) is 33.4 Å². The molecule has 3 rings (SSSR count). The topological polar surface area (TPSA) is 38.1 Å². The lowest BCUT2D eigenvalue weighted by atomic mass is 9.95. The van der Waals surface area contributed by atoms with Gasteiger partial charge in [0.25, 0.3) is 5.91 Å². The molecule has 0 aliphatic carbocycles. The van der Waals surface area contributed by atoms with Crippen LogP contribution in [0.5, 0.6) is 0 Å². The minimum absolute atomic E-state index is 0.266. The Morgan fingerprint density at radius 3 is 2.54 bits per heavy atom. The van der Waals surface area contributed by atoms with E-state index in [0.717, 1.165) is 25.5 Å². The summed E-state index contributed by atoms with van der Waals surface area (Å²) in [5.41, 5.74) is -1.13. The third-order valence-electron chi connectivity index (χ3n) is 4.39. The second kappa shape index (κ2) is 6.67. The Morgan fingerprint density at radius 1 is 1.21 bits per heavy atom. The molecule has 2 heterocycles. The highest BCUT2D eigenvalue weighted by Crippen LogP contribution is 2.33. The van der Waals surface area contributed by atoms with Gasteiger partial charge in [-0.05, 0) is 30.9 Å². The summed E-state index contributed by atoms with van der Waals surface area (Å²) in [5, 5.41) is 0. The van der Waals surface area contributed by atoms with Gasteiger partial charge < -0.3 is 9.47 Å². The molecular weight excluding hydrogens is 319 g/mol. The zero-order valence-corrected chi connectivity index (χ0v) is 13.0. The second-order valence-corrected chi connectivity index (χ2v) is 6.04. The van der Waals surface area contributed by atoms with E-state index in [4.69, 9.17) is 0 Å². The number of amides is 1.